The van der Waals surface area contributed by atoms with Crippen LogP contribution in [0.5, 0.6) is 0 Å². The number of rotatable bonds is 1. The number of amides is 2. The molecule has 1 aromatic heterocycles. The van der Waals surface area contributed by atoms with E-state index in [1.807, 2.05) is 24.3 Å². The third kappa shape index (κ3) is 2.18. The molecule has 5 nitrogen and oxygen atoms in total. The molecule has 0 atom stereocenters. The van der Waals surface area contributed by atoms with Gasteiger partial charge >= 0.3 is 0 Å². The second kappa shape index (κ2) is 4.85. The average Bonchev–Trinajstić information content (AvgIpc) is 2.77. The van der Waals surface area contributed by atoms with E-state index < -0.39 is 0 Å². The predicted molar refractivity (Wildman–Crippen MR) is 73.3 cm³/mol. The van der Waals surface area contributed by atoms with E-state index in [1.165, 1.54) is 11.2 Å². The Morgan fingerprint density at radius 1 is 1.25 bits per heavy atom. The van der Waals surface area contributed by atoms with Crippen LogP contribution in [-0.4, -0.2) is 23.3 Å². The van der Waals surface area contributed by atoms with E-state index in [9.17, 15) is 9.59 Å². The van der Waals surface area contributed by atoms with E-state index in [2.05, 4.69) is 5.32 Å². The molecule has 0 unspecified atom stereocenters. The summed E-state index contributed by atoms with van der Waals surface area (Å²) >= 11 is 0. The number of fused-ring (bicyclic) bond motifs is 1. The number of carbonyl (C=O) groups is 2. The first-order valence-electron chi connectivity index (χ1n) is 6.36. The van der Waals surface area contributed by atoms with Crippen LogP contribution < -0.4 is 5.32 Å². The standard InChI is InChI=1S/C15H14N2O3/c1-10-12(6-7-20-10)15(19)17-8-11-4-2-3-5-13(11)16-14(18)9-17/h2-7H,8-9H2,1H3,(H,16,18). The van der Waals surface area contributed by atoms with E-state index >= 15 is 0 Å². The molecule has 0 aliphatic carbocycles. The highest BCUT2D eigenvalue weighted by Crippen LogP contribution is 2.22. The molecule has 1 aromatic carbocycles. The highest BCUT2D eigenvalue weighted by molar-refractivity contribution is 6.01. The van der Waals surface area contributed by atoms with E-state index in [0.717, 1.165) is 11.3 Å². The Hall–Kier alpha value is -2.56. The van der Waals surface area contributed by atoms with Crippen LogP contribution in [0.2, 0.25) is 0 Å². The smallest absolute Gasteiger partial charge is 0.258 e. The number of furan rings is 1. The molecule has 20 heavy (non-hydrogen) atoms. The van der Waals surface area contributed by atoms with Crippen LogP contribution >= 0.6 is 0 Å². The average molecular weight is 270 g/mol. The van der Waals surface area contributed by atoms with Crippen molar-refractivity contribution in [2.24, 2.45) is 0 Å². The van der Waals surface area contributed by atoms with Crippen molar-refractivity contribution in [2.75, 3.05) is 11.9 Å². The molecule has 102 valence electrons. The normalized spacial score (nSPS) is 14.4. The molecule has 0 saturated heterocycles. The van der Waals surface area contributed by atoms with Crippen molar-refractivity contribution in [1.29, 1.82) is 0 Å². The van der Waals surface area contributed by atoms with E-state index in [-0.39, 0.29) is 18.4 Å². The van der Waals surface area contributed by atoms with Crippen LogP contribution in [0.4, 0.5) is 5.69 Å². The van der Waals surface area contributed by atoms with Gasteiger partial charge in [0.25, 0.3) is 5.91 Å². The van der Waals surface area contributed by atoms with Gasteiger partial charge in [-0.2, -0.15) is 0 Å². The molecular formula is C15H14N2O3. The topological polar surface area (TPSA) is 62.6 Å². The molecule has 0 spiro atoms. The number of nitrogens with zero attached hydrogens (tertiary/aromatic N) is 1. The van der Waals surface area contributed by atoms with Gasteiger partial charge in [-0.25, -0.2) is 0 Å². The van der Waals surface area contributed by atoms with Crippen LogP contribution in [0, 0.1) is 6.92 Å². The molecule has 1 aliphatic heterocycles. The number of anilines is 1. The molecule has 3 rings (SSSR count). The lowest BCUT2D eigenvalue weighted by Gasteiger charge is -2.19. The van der Waals surface area contributed by atoms with Crippen molar-refractivity contribution < 1.29 is 14.0 Å². The Morgan fingerprint density at radius 2 is 2.05 bits per heavy atom. The Bertz CT molecular complexity index is 675. The molecule has 2 heterocycles. The van der Waals surface area contributed by atoms with Gasteiger partial charge in [0.2, 0.25) is 5.91 Å². The van der Waals surface area contributed by atoms with Crippen molar-refractivity contribution >= 4 is 17.5 Å². The first kappa shape index (κ1) is 12.5. The van der Waals surface area contributed by atoms with Gasteiger partial charge in [-0.3, -0.25) is 9.59 Å². The molecule has 0 bridgehead atoms. The minimum atomic E-state index is -0.192. The van der Waals surface area contributed by atoms with Gasteiger partial charge in [0.15, 0.2) is 0 Å². The summed E-state index contributed by atoms with van der Waals surface area (Å²) in [4.78, 5) is 25.9. The van der Waals surface area contributed by atoms with Crippen molar-refractivity contribution in [3.63, 3.8) is 0 Å². The van der Waals surface area contributed by atoms with Gasteiger partial charge in [0.05, 0.1) is 11.8 Å². The highest BCUT2D eigenvalue weighted by Gasteiger charge is 2.25. The Morgan fingerprint density at radius 3 is 2.80 bits per heavy atom. The van der Waals surface area contributed by atoms with Crippen LogP contribution in [0.1, 0.15) is 21.7 Å². The Balaban J connectivity index is 1.93. The number of hydrogen-bond donors (Lipinski definition) is 1. The molecule has 0 radical (unpaired) electrons. The summed E-state index contributed by atoms with van der Waals surface area (Å²) in [6, 6.07) is 9.12. The number of aryl methyl sites for hydroxylation is 1. The number of carbonyl (C=O) groups excluding carboxylic acids is 2. The largest absolute Gasteiger partial charge is 0.469 e. The summed E-state index contributed by atoms with van der Waals surface area (Å²) in [6.45, 7) is 2.18. The zero-order chi connectivity index (χ0) is 14.1. The fourth-order valence-corrected chi connectivity index (χ4v) is 2.33. The van der Waals surface area contributed by atoms with Crippen LogP contribution in [-0.2, 0) is 11.3 Å². The summed E-state index contributed by atoms with van der Waals surface area (Å²) in [5, 5.41) is 2.81. The fourth-order valence-electron chi connectivity index (χ4n) is 2.33. The van der Waals surface area contributed by atoms with Crippen molar-refractivity contribution in [2.45, 2.75) is 13.5 Å². The third-order valence-corrected chi connectivity index (χ3v) is 3.36. The first-order chi connectivity index (χ1) is 9.65. The predicted octanol–water partition coefficient (Wildman–Crippen LogP) is 2.18. The number of benzene rings is 1. The maximum absolute atomic E-state index is 12.5. The lowest BCUT2D eigenvalue weighted by Crippen LogP contribution is -2.35. The minimum Gasteiger partial charge on any atom is -0.469 e. The van der Waals surface area contributed by atoms with Gasteiger partial charge in [0, 0.05) is 12.2 Å². The van der Waals surface area contributed by atoms with E-state index in [0.29, 0.717) is 17.9 Å². The van der Waals surface area contributed by atoms with Gasteiger partial charge in [-0.1, -0.05) is 18.2 Å². The molecule has 5 heteroatoms. The van der Waals surface area contributed by atoms with Gasteiger partial charge in [-0.15, -0.1) is 0 Å². The number of para-hydroxylation sites is 1. The summed E-state index contributed by atoms with van der Waals surface area (Å²) in [5.74, 6) is 0.181. The van der Waals surface area contributed by atoms with E-state index in [1.54, 1.807) is 13.0 Å². The van der Waals surface area contributed by atoms with Gasteiger partial charge in [0.1, 0.15) is 12.3 Å². The van der Waals surface area contributed by atoms with Crippen molar-refractivity contribution in [3.05, 3.63) is 53.5 Å². The molecular weight excluding hydrogens is 256 g/mol. The minimum absolute atomic E-state index is 0.0398. The zero-order valence-electron chi connectivity index (χ0n) is 11.1. The molecule has 0 saturated carbocycles. The molecule has 1 aliphatic rings. The molecule has 0 fully saturated rings. The molecule has 1 N–H and O–H groups in total. The van der Waals surface area contributed by atoms with Gasteiger partial charge in [-0.05, 0) is 24.6 Å². The zero-order valence-corrected chi connectivity index (χ0v) is 11.1. The lowest BCUT2D eigenvalue weighted by atomic mass is 10.1. The maximum atomic E-state index is 12.5. The maximum Gasteiger partial charge on any atom is 0.258 e. The summed E-state index contributed by atoms with van der Waals surface area (Å²) < 4.78 is 5.16. The monoisotopic (exact) mass is 270 g/mol. The Labute approximate surface area is 116 Å². The summed E-state index contributed by atoms with van der Waals surface area (Å²) in [5.41, 5.74) is 2.18. The van der Waals surface area contributed by atoms with Crippen LogP contribution in [0.15, 0.2) is 41.0 Å². The SMILES string of the molecule is Cc1occc1C(=O)N1CC(=O)Nc2ccccc2C1. The Kier molecular flexibility index (Phi) is 3.02. The summed E-state index contributed by atoms with van der Waals surface area (Å²) in [7, 11) is 0. The number of hydrogen-bond acceptors (Lipinski definition) is 3. The lowest BCUT2D eigenvalue weighted by molar-refractivity contribution is -0.116. The van der Waals surface area contributed by atoms with E-state index in [4.69, 9.17) is 4.42 Å². The first-order valence-corrected chi connectivity index (χ1v) is 6.36. The second-order valence-corrected chi connectivity index (χ2v) is 4.76. The summed E-state index contributed by atoms with van der Waals surface area (Å²) in [6.07, 6.45) is 1.48. The fraction of sp³-hybridized carbons (Fsp3) is 0.200. The number of nitrogens with one attached hydrogen (secondary N) is 1. The van der Waals surface area contributed by atoms with Crippen molar-refractivity contribution in [3.8, 4) is 0 Å². The third-order valence-electron chi connectivity index (χ3n) is 3.36. The van der Waals surface area contributed by atoms with Crippen LogP contribution in [0.3, 0.4) is 0 Å². The molecule has 2 aromatic rings. The van der Waals surface area contributed by atoms with Crippen LogP contribution in [0.25, 0.3) is 0 Å². The second-order valence-electron chi connectivity index (χ2n) is 4.76. The molecule has 2 amide bonds. The van der Waals surface area contributed by atoms with Crippen molar-refractivity contribution in [1.82, 2.24) is 4.90 Å². The highest BCUT2D eigenvalue weighted by atomic mass is 16.3. The quantitative estimate of drug-likeness (QED) is 0.864. The van der Waals surface area contributed by atoms with Gasteiger partial charge < -0.3 is 14.6 Å².